The second kappa shape index (κ2) is 8.03. The lowest BCUT2D eigenvalue weighted by Crippen LogP contribution is -2.53. The number of hydrogen-bond donors (Lipinski definition) is 1. The number of benzene rings is 1. The van der Waals surface area contributed by atoms with E-state index in [0.29, 0.717) is 52.2 Å². The Morgan fingerprint density at radius 1 is 1.15 bits per heavy atom. The predicted octanol–water partition coefficient (Wildman–Crippen LogP) is 1.41. The van der Waals surface area contributed by atoms with Crippen molar-refractivity contribution in [3.8, 4) is 0 Å². The summed E-state index contributed by atoms with van der Waals surface area (Å²) in [7, 11) is 1.62. The van der Waals surface area contributed by atoms with Crippen LogP contribution >= 0.6 is 0 Å². The van der Waals surface area contributed by atoms with Gasteiger partial charge in [-0.25, -0.2) is 4.39 Å². The SMILES string of the molecule is COCCCNC(=O)C1(C(=O)N2CCN(c3ccc(F)cc3)CC2)CC1. The molecular formula is C19H26FN3O3. The Labute approximate surface area is 153 Å². The van der Waals surface area contributed by atoms with Gasteiger partial charge < -0.3 is 19.9 Å². The molecule has 2 amide bonds. The lowest BCUT2D eigenvalue weighted by Gasteiger charge is -2.37. The Kier molecular flexibility index (Phi) is 5.76. The summed E-state index contributed by atoms with van der Waals surface area (Å²) in [6.07, 6.45) is 1.99. The van der Waals surface area contributed by atoms with Crippen LogP contribution in [0.4, 0.5) is 10.1 Å². The average Bonchev–Trinajstić information content (AvgIpc) is 3.47. The Bertz CT molecular complexity index is 638. The average molecular weight is 363 g/mol. The fourth-order valence-corrected chi connectivity index (χ4v) is 3.37. The summed E-state index contributed by atoms with van der Waals surface area (Å²) in [6, 6.07) is 6.39. The standard InChI is InChI=1S/C19H26FN3O3/c1-26-14-2-9-21-17(24)19(7-8-19)18(25)23-12-10-22(11-13-23)16-5-3-15(20)4-6-16/h3-6H,2,7-14H2,1H3,(H,21,24). The predicted molar refractivity (Wildman–Crippen MR) is 96.4 cm³/mol. The first-order chi connectivity index (χ1) is 12.6. The van der Waals surface area contributed by atoms with Crippen LogP contribution in [0.15, 0.2) is 24.3 Å². The number of rotatable bonds is 7. The van der Waals surface area contributed by atoms with E-state index in [-0.39, 0.29) is 17.6 Å². The van der Waals surface area contributed by atoms with E-state index in [4.69, 9.17) is 4.74 Å². The lowest BCUT2D eigenvalue weighted by molar-refractivity contribution is -0.144. The van der Waals surface area contributed by atoms with E-state index in [9.17, 15) is 14.0 Å². The molecule has 0 unspecified atom stereocenters. The normalized spacial score (nSPS) is 18.5. The third kappa shape index (κ3) is 3.98. The van der Waals surface area contributed by atoms with E-state index >= 15 is 0 Å². The molecule has 0 bridgehead atoms. The quantitative estimate of drug-likeness (QED) is 0.588. The maximum absolute atomic E-state index is 13.1. The monoisotopic (exact) mass is 363 g/mol. The van der Waals surface area contributed by atoms with Crippen molar-refractivity contribution < 1.29 is 18.7 Å². The van der Waals surface area contributed by atoms with Crippen LogP contribution in [-0.2, 0) is 14.3 Å². The second-order valence-corrected chi connectivity index (χ2v) is 6.94. The van der Waals surface area contributed by atoms with Gasteiger partial charge in [-0.05, 0) is 43.5 Å². The van der Waals surface area contributed by atoms with Crippen molar-refractivity contribution in [3.63, 3.8) is 0 Å². The molecule has 1 N–H and O–H groups in total. The minimum atomic E-state index is -0.856. The van der Waals surface area contributed by atoms with Gasteiger partial charge in [-0.1, -0.05) is 0 Å². The molecule has 2 fully saturated rings. The van der Waals surface area contributed by atoms with Gasteiger partial charge in [-0.15, -0.1) is 0 Å². The Balaban J connectivity index is 1.51. The third-order valence-corrected chi connectivity index (χ3v) is 5.16. The molecule has 1 aromatic carbocycles. The topological polar surface area (TPSA) is 61.9 Å². The highest BCUT2D eigenvalue weighted by Crippen LogP contribution is 2.47. The summed E-state index contributed by atoms with van der Waals surface area (Å²) < 4.78 is 18.0. The van der Waals surface area contributed by atoms with Crippen molar-refractivity contribution in [1.29, 1.82) is 0 Å². The fraction of sp³-hybridized carbons (Fsp3) is 0.579. The number of halogens is 1. The molecule has 26 heavy (non-hydrogen) atoms. The molecule has 2 aliphatic rings. The van der Waals surface area contributed by atoms with Crippen molar-refractivity contribution >= 4 is 17.5 Å². The van der Waals surface area contributed by atoms with Crippen LogP contribution in [0.1, 0.15) is 19.3 Å². The van der Waals surface area contributed by atoms with Gasteiger partial charge in [0.05, 0.1) is 0 Å². The lowest BCUT2D eigenvalue weighted by atomic mass is 10.0. The molecule has 0 radical (unpaired) electrons. The number of carbonyl (C=O) groups excluding carboxylic acids is 2. The number of ether oxygens (including phenoxy) is 1. The van der Waals surface area contributed by atoms with Crippen LogP contribution in [0.25, 0.3) is 0 Å². The van der Waals surface area contributed by atoms with Gasteiger partial charge in [0.15, 0.2) is 0 Å². The molecule has 1 heterocycles. The highest BCUT2D eigenvalue weighted by molar-refractivity contribution is 6.07. The molecule has 1 saturated carbocycles. The van der Waals surface area contributed by atoms with Crippen molar-refractivity contribution in [2.75, 3.05) is 51.3 Å². The number of nitrogens with zero attached hydrogens (tertiary/aromatic N) is 2. The minimum Gasteiger partial charge on any atom is -0.385 e. The van der Waals surface area contributed by atoms with Crippen LogP contribution in [0.3, 0.4) is 0 Å². The highest BCUT2D eigenvalue weighted by atomic mass is 19.1. The first-order valence-corrected chi connectivity index (χ1v) is 9.14. The van der Waals surface area contributed by atoms with Crippen LogP contribution in [0, 0.1) is 11.2 Å². The third-order valence-electron chi connectivity index (χ3n) is 5.16. The summed E-state index contributed by atoms with van der Waals surface area (Å²) in [6.45, 7) is 3.64. The van der Waals surface area contributed by atoms with Crippen LogP contribution in [0.2, 0.25) is 0 Å². The molecule has 0 atom stereocenters. The second-order valence-electron chi connectivity index (χ2n) is 6.94. The van der Waals surface area contributed by atoms with Crippen LogP contribution in [0.5, 0.6) is 0 Å². The molecule has 3 rings (SSSR count). The summed E-state index contributed by atoms with van der Waals surface area (Å²) in [5.74, 6) is -0.463. The van der Waals surface area contributed by atoms with Crippen molar-refractivity contribution in [3.05, 3.63) is 30.1 Å². The van der Waals surface area contributed by atoms with E-state index in [1.807, 2.05) is 0 Å². The molecule has 1 saturated heterocycles. The number of amides is 2. The van der Waals surface area contributed by atoms with Crippen molar-refractivity contribution in [2.24, 2.45) is 5.41 Å². The molecule has 1 aliphatic carbocycles. The van der Waals surface area contributed by atoms with Gasteiger partial charge in [0, 0.05) is 52.1 Å². The zero-order valence-corrected chi connectivity index (χ0v) is 15.2. The van der Waals surface area contributed by atoms with Gasteiger partial charge in [0.25, 0.3) is 0 Å². The zero-order valence-electron chi connectivity index (χ0n) is 15.2. The van der Waals surface area contributed by atoms with Crippen LogP contribution in [-0.4, -0.2) is 63.2 Å². The minimum absolute atomic E-state index is 0.0551. The highest BCUT2D eigenvalue weighted by Gasteiger charge is 2.58. The first-order valence-electron chi connectivity index (χ1n) is 9.14. The molecule has 6 nitrogen and oxygen atoms in total. The Morgan fingerprint density at radius 3 is 2.38 bits per heavy atom. The van der Waals surface area contributed by atoms with E-state index < -0.39 is 5.41 Å². The number of methoxy groups -OCH3 is 1. The molecule has 0 spiro atoms. The molecule has 142 valence electrons. The summed E-state index contributed by atoms with van der Waals surface area (Å²) in [5, 5.41) is 2.87. The largest absolute Gasteiger partial charge is 0.385 e. The Morgan fingerprint density at radius 2 is 1.81 bits per heavy atom. The van der Waals surface area contributed by atoms with Gasteiger partial charge in [-0.3, -0.25) is 9.59 Å². The fourth-order valence-electron chi connectivity index (χ4n) is 3.37. The maximum Gasteiger partial charge on any atom is 0.238 e. The van der Waals surface area contributed by atoms with Crippen molar-refractivity contribution in [1.82, 2.24) is 10.2 Å². The summed E-state index contributed by atoms with van der Waals surface area (Å²) in [4.78, 5) is 29.2. The number of anilines is 1. The summed E-state index contributed by atoms with van der Waals surface area (Å²) in [5.41, 5.74) is 0.0982. The Hall–Kier alpha value is -2.15. The number of nitrogens with one attached hydrogen (secondary N) is 1. The zero-order chi connectivity index (χ0) is 18.6. The van der Waals surface area contributed by atoms with E-state index in [1.54, 1.807) is 24.1 Å². The van der Waals surface area contributed by atoms with Crippen LogP contribution < -0.4 is 10.2 Å². The molecule has 7 heteroatoms. The van der Waals surface area contributed by atoms with Gasteiger partial charge in [0.2, 0.25) is 11.8 Å². The molecule has 1 aliphatic heterocycles. The van der Waals surface area contributed by atoms with Gasteiger partial charge in [-0.2, -0.15) is 0 Å². The number of carbonyl (C=O) groups is 2. The van der Waals surface area contributed by atoms with Gasteiger partial charge in [0.1, 0.15) is 11.2 Å². The van der Waals surface area contributed by atoms with E-state index in [0.717, 1.165) is 12.1 Å². The number of piperazine rings is 1. The summed E-state index contributed by atoms with van der Waals surface area (Å²) >= 11 is 0. The van der Waals surface area contributed by atoms with E-state index in [1.165, 1.54) is 12.1 Å². The maximum atomic E-state index is 13.1. The van der Waals surface area contributed by atoms with Crippen molar-refractivity contribution in [2.45, 2.75) is 19.3 Å². The molecule has 0 aromatic heterocycles. The van der Waals surface area contributed by atoms with E-state index in [2.05, 4.69) is 10.2 Å². The number of hydrogen-bond acceptors (Lipinski definition) is 4. The smallest absolute Gasteiger partial charge is 0.238 e. The van der Waals surface area contributed by atoms with Gasteiger partial charge >= 0.3 is 0 Å². The molecular weight excluding hydrogens is 337 g/mol. The molecule has 1 aromatic rings. The first kappa shape index (κ1) is 18.6.